The van der Waals surface area contributed by atoms with Gasteiger partial charge in [-0.3, -0.25) is 4.90 Å². The van der Waals surface area contributed by atoms with Crippen LogP contribution in [0, 0.1) is 5.92 Å². The first-order valence-electron chi connectivity index (χ1n) is 7.01. The van der Waals surface area contributed by atoms with Gasteiger partial charge in [-0.25, -0.2) is 13.6 Å². The minimum atomic E-state index is -3.76. The first-order chi connectivity index (χ1) is 9.90. The van der Waals surface area contributed by atoms with Crippen LogP contribution in [0.3, 0.4) is 0 Å². The fraction of sp³-hybridized carbons (Fsp3) is 0.571. The van der Waals surface area contributed by atoms with Gasteiger partial charge in [0.25, 0.3) is 0 Å². The molecule has 1 saturated heterocycles. The summed E-state index contributed by atoms with van der Waals surface area (Å²) >= 11 is 6.00. The molecule has 0 aliphatic carbocycles. The van der Waals surface area contributed by atoms with E-state index in [9.17, 15) is 8.42 Å². The maximum atomic E-state index is 11.3. The Morgan fingerprint density at radius 2 is 2.24 bits per heavy atom. The molecule has 7 heteroatoms. The van der Waals surface area contributed by atoms with Crippen molar-refractivity contribution < 1.29 is 13.2 Å². The van der Waals surface area contributed by atoms with Gasteiger partial charge in [-0.15, -0.1) is 0 Å². The molecule has 1 unspecified atom stereocenters. The van der Waals surface area contributed by atoms with Crippen LogP contribution >= 0.6 is 11.6 Å². The molecule has 1 fully saturated rings. The zero-order valence-corrected chi connectivity index (χ0v) is 13.7. The van der Waals surface area contributed by atoms with Crippen LogP contribution in [0.1, 0.15) is 18.9 Å². The van der Waals surface area contributed by atoms with Crippen LogP contribution in [0.15, 0.2) is 23.1 Å². The lowest BCUT2D eigenvalue weighted by atomic mass is 10.1. The molecule has 2 rings (SSSR count). The van der Waals surface area contributed by atoms with Crippen molar-refractivity contribution in [3.8, 4) is 0 Å². The highest BCUT2D eigenvalue weighted by Gasteiger charge is 2.23. The standard InChI is InChI=1S/C14H21ClN2O3S/c1-2-20-10-12-5-6-17(9-12)8-11-3-4-14(13(15)7-11)21(16,18)19/h3-4,7,12H,2,5-6,8-10H2,1H3,(H2,16,18,19). The number of hydrogen-bond donors (Lipinski definition) is 1. The second-order valence-electron chi connectivity index (χ2n) is 5.36. The third kappa shape index (κ3) is 4.66. The lowest BCUT2D eigenvalue weighted by Gasteiger charge is -2.16. The number of ether oxygens (including phenoxy) is 1. The monoisotopic (exact) mass is 332 g/mol. The molecule has 1 atom stereocenters. The molecule has 0 amide bonds. The predicted octanol–water partition coefficient (Wildman–Crippen LogP) is 1.85. The van der Waals surface area contributed by atoms with E-state index in [0.29, 0.717) is 5.92 Å². The minimum Gasteiger partial charge on any atom is -0.381 e. The number of rotatable bonds is 6. The minimum absolute atomic E-state index is 0.0245. The second-order valence-corrected chi connectivity index (χ2v) is 7.30. The Balaban J connectivity index is 1.97. The molecule has 118 valence electrons. The smallest absolute Gasteiger partial charge is 0.239 e. The Bertz CT molecular complexity index is 592. The molecular formula is C14H21ClN2O3S. The van der Waals surface area contributed by atoms with Gasteiger partial charge in [-0.2, -0.15) is 0 Å². The van der Waals surface area contributed by atoms with Crippen LogP contribution in [-0.4, -0.2) is 39.6 Å². The Kier molecular flexibility index (Phi) is 5.62. The topological polar surface area (TPSA) is 72.6 Å². The summed E-state index contributed by atoms with van der Waals surface area (Å²) in [7, 11) is -3.76. The van der Waals surface area contributed by atoms with Crippen molar-refractivity contribution in [2.75, 3.05) is 26.3 Å². The van der Waals surface area contributed by atoms with E-state index in [1.54, 1.807) is 12.1 Å². The van der Waals surface area contributed by atoms with Crippen molar-refractivity contribution >= 4 is 21.6 Å². The zero-order valence-electron chi connectivity index (χ0n) is 12.1. The van der Waals surface area contributed by atoms with Crippen LogP contribution in [0.5, 0.6) is 0 Å². The summed E-state index contributed by atoms with van der Waals surface area (Å²) in [5.74, 6) is 0.573. The second kappa shape index (κ2) is 7.07. The van der Waals surface area contributed by atoms with Gasteiger partial charge < -0.3 is 4.74 Å². The fourth-order valence-corrected chi connectivity index (χ4v) is 3.72. The van der Waals surface area contributed by atoms with Crippen molar-refractivity contribution in [3.63, 3.8) is 0 Å². The largest absolute Gasteiger partial charge is 0.381 e. The molecule has 0 bridgehead atoms. The number of sulfonamides is 1. The van der Waals surface area contributed by atoms with Crippen molar-refractivity contribution in [1.82, 2.24) is 4.90 Å². The van der Waals surface area contributed by atoms with E-state index >= 15 is 0 Å². The summed E-state index contributed by atoms with van der Waals surface area (Å²) in [5.41, 5.74) is 0.990. The van der Waals surface area contributed by atoms with E-state index in [1.807, 2.05) is 6.92 Å². The van der Waals surface area contributed by atoms with Crippen LogP contribution in [0.25, 0.3) is 0 Å². The summed E-state index contributed by atoms with van der Waals surface area (Å²) in [6.45, 7) is 6.33. The molecule has 0 saturated carbocycles. The molecule has 1 aliphatic rings. The molecular weight excluding hydrogens is 312 g/mol. The van der Waals surface area contributed by atoms with E-state index < -0.39 is 10.0 Å². The van der Waals surface area contributed by atoms with Gasteiger partial charge >= 0.3 is 0 Å². The van der Waals surface area contributed by atoms with Gasteiger partial charge in [-0.1, -0.05) is 17.7 Å². The first kappa shape index (κ1) is 16.7. The van der Waals surface area contributed by atoms with Gasteiger partial charge in [0, 0.05) is 19.7 Å². The maximum Gasteiger partial charge on any atom is 0.239 e. The number of nitrogens with zero attached hydrogens (tertiary/aromatic N) is 1. The zero-order chi connectivity index (χ0) is 15.5. The SMILES string of the molecule is CCOCC1CCN(Cc2ccc(S(N)(=O)=O)c(Cl)c2)C1. The highest BCUT2D eigenvalue weighted by Crippen LogP contribution is 2.24. The van der Waals surface area contributed by atoms with Crippen molar-refractivity contribution in [3.05, 3.63) is 28.8 Å². The number of primary sulfonamides is 1. The van der Waals surface area contributed by atoms with E-state index in [4.69, 9.17) is 21.5 Å². The predicted molar refractivity (Wildman–Crippen MR) is 82.7 cm³/mol. The van der Waals surface area contributed by atoms with E-state index in [0.717, 1.165) is 44.8 Å². The van der Waals surface area contributed by atoms with E-state index in [2.05, 4.69) is 4.90 Å². The summed E-state index contributed by atoms with van der Waals surface area (Å²) < 4.78 is 28.1. The molecule has 0 radical (unpaired) electrons. The third-order valence-electron chi connectivity index (χ3n) is 3.64. The van der Waals surface area contributed by atoms with Crippen LogP contribution in [0.2, 0.25) is 5.02 Å². The van der Waals surface area contributed by atoms with Crippen molar-refractivity contribution in [2.45, 2.75) is 24.8 Å². The first-order valence-corrected chi connectivity index (χ1v) is 8.94. The summed E-state index contributed by atoms with van der Waals surface area (Å²) in [5, 5.41) is 5.28. The molecule has 2 N–H and O–H groups in total. The normalized spacial score (nSPS) is 20.0. The molecule has 5 nitrogen and oxygen atoms in total. The number of halogens is 1. The number of hydrogen-bond acceptors (Lipinski definition) is 4. The lowest BCUT2D eigenvalue weighted by molar-refractivity contribution is 0.111. The highest BCUT2D eigenvalue weighted by molar-refractivity contribution is 7.89. The van der Waals surface area contributed by atoms with Gasteiger partial charge in [0.05, 0.1) is 11.6 Å². The van der Waals surface area contributed by atoms with Crippen molar-refractivity contribution in [2.24, 2.45) is 11.1 Å². The Hall–Kier alpha value is -0.660. The van der Waals surface area contributed by atoms with Gasteiger partial charge in [0.15, 0.2) is 0 Å². The molecule has 21 heavy (non-hydrogen) atoms. The van der Waals surface area contributed by atoms with Crippen molar-refractivity contribution in [1.29, 1.82) is 0 Å². The third-order valence-corrected chi connectivity index (χ3v) is 5.03. The fourth-order valence-electron chi connectivity index (χ4n) is 2.61. The van der Waals surface area contributed by atoms with Crippen LogP contribution in [0.4, 0.5) is 0 Å². The highest BCUT2D eigenvalue weighted by atomic mass is 35.5. The van der Waals surface area contributed by atoms with Crippen LogP contribution < -0.4 is 5.14 Å². The molecule has 1 heterocycles. The Morgan fingerprint density at radius 1 is 1.48 bits per heavy atom. The number of nitrogens with two attached hydrogens (primary N) is 1. The van der Waals surface area contributed by atoms with Gasteiger partial charge in [0.2, 0.25) is 10.0 Å². The molecule has 1 aromatic rings. The Labute approximate surface area is 131 Å². The van der Waals surface area contributed by atoms with Gasteiger partial charge in [-0.05, 0) is 43.5 Å². The summed E-state index contributed by atoms with van der Waals surface area (Å²) in [4.78, 5) is 2.30. The average Bonchev–Trinajstić information content (AvgIpc) is 2.82. The van der Waals surface area contributed by atoms with Gasteiger partial charge in [0.1, 0.15) is 4.90 Å². The number of benzene rings is 1. The lowest BCUT2D eigenvalue weighted by Crippen LogP contribution is -2.21. The molecule has 0 aromatic heterocycles. The van der Waals surface area contributed by atoms with E-state index in [1.165, 1.54) is 6.07 Å². The van der Waals surface area contributed by atoms with E-state index in [-0.39, 0.29) is 9.92 Å². The summed E-state index contributed by atoms with van der Waals surface area (Å²) in [6, 6.07) is 4.92. The molecule has 1 aromatic carbocycles. The molecule has 1 aliphatic heterocycles. The maximum absolute atomic E-state index is 11.3. The average molecular weight is 333 g/mol. The Morgan fingerprint density at radius 3 is 2.86 bits per heavy atom. The quantitative estimate of drug-likeness (QED) is 0.862. The molecule has 0 spiro atoms. The number of likely N-dealkylation sites (tertiary alicyclic amines) is 1. The summed E-state index contributed by atoms with van der Waals surface area (Å²) in [6.07, 6.45) is 1.13. The van der Waals surface area contributed by atoms with Crippen LogP contribution in [-0.2, 0) is 21.3 Å².